The number of nitrogens with one attached hydrogen (secondary N) is 2. The summed E-state index contributed by atoms with van der Waals surface area (Å²) in [4.78, 5) is 2.37. The molecule has 0 amide bonds. The number of rotatable bonds is 5. The third kappa shape index (κ3) is 5.18. The van der Waals surface area contributed by atoms with Crippen LogP contribution in [0, 0.1) is 10.5 Å². The molecule has 0 unspecified atom stereocenters. The second-order valence-electron chi connectivity index (χ2n) is 6.14. The van der Waals surface area contributed by atoms with Crippen LogP contribution in [0.4, 0.5) is 11.4 Å². The summed E-state index contributed by atoms with van der Waals surface area (Å²) in [6.45, 7) is 5.33. The maximum absolute atomic E-state index is 12.8. The van der Waals surface area contributed by atoms with Crippen molar-refractivity contribution in [3.63, 3.8) is 0 Å². The van der Waals surface area contributed by atoms with Crippen molar-refractivity contribution in [3.8, 4) is 5.75 Å². The summed E-state index contributed by atoms with van der Waals surface area (Å²) in [7, 11) is -2.08. The molecule has 2 aromatic rings. The highest BCUT2D eigenvalue weighted by Crippen LogP contribution is 2.32. The first kappa shape index (κ1) is 22.1. The van der Waals surface area contributed by atoms with Gasteiger partial charge in [-0.15, -0.1) is 12.4 Å². The number of sulfonamides is 1. The molecule has 0 bridgehead atoms. The molecule has 1 saturated heterocycles. The maximum atomic E-state index is 12.8. The summed E-state index contributed by atoms with van der Waals surface area (Å²) < 4.78 is 34.8. The smallest absolute Gasteiger partial charge is 0.261 e. The summed E-state index contributed by atoms with van der Waals surface area (Å²) in [5, 5.41) is 3.30. The monoisotopic (exact) mass is 523 g/mol. The van der Waals surface area contributed by atoms with Crippen LogP contribution in [0.1, 0.15) is 5.56 Å². The second kappa shape index (κ2) is 9.31. The van der Waals surface area contributed by atoms with Crippen LogP contribution in [-0.4, -0.2) is 41.7 Å². The molecular weight excluding hydrogens is 501 g/mol. The molecule has 1 aliphatic heterocycles. The molecule has 3 rings (SSSR count). The zero-order valence-corrected chi connectivity index (χ0v) is 18.9. The Labute approximate surface area is 180 Å². The number of benzene rings is 2. The number of aryl methyl sites for hydroxylation is 1. The van der Waals surface area contributed by atoms with Gasteiger partial charge in [0.15, 0.2) is 0 Å². The molecule has 27 heavy (non-hydrogen) atoms. The molecule has 2 aromatic carbocycles. The number of methoxy groups -OCH3 is 1. The van der Waals surface area contributed by atoms with E-state index < -0.39 is 10.0 Å². The van der Waals surface area contributed by atoms with E-state index in [1.807, 2.05) is 19.1 Å². The lowest BCUT2D eigenvalue weighted by Crippen LogP contribution is -2.43. The zero-order valence-electron chi connectivity index (χ0n) is 15.2. The fraction of sp³-hybridized carbons (Fsp3) is 0.333. The van der Waals surface area contributed by atoms with Gasteiger partial charge in [0.2, 0.25) is 0 Å². The van der Waals surface area contributed by atoms with E-state index in [4.69, 9.17) is 4.74 Å². The molecular formula is C18H23ClIN3O3S. The fourth-order valence-electron chi connectivity index (χ4n) is 2.86. The van der Waals surface area contributed by atoms with Gasteiger partial charge < -0.3 is 15.0 Å². The van der Waals surface area contributed by atoms with E-state index in [0.717, 1.165) is 41.0 Å². The molecule has 0 atom stereocenters. The third-order valence-corrected chi connectivity index (χ3v) is 6.88. The van der Waals surface area contributed by atoms with E-state index in [2.05, 4.69) is 37.5 Å². The van der Waals surface area contributed by atoms with Gasteiger partial charge >= 0.3 is 0 Å². The molecule has 0 saturated carbocycles. The number of ether oxygens (including phenoxy) is 1. The summed E-state index contributed by atoms with van der Waals surface area (Å²) >= 11 is 2.20. The van der Waals surface area contributed by atoms with Crippen LogP contribution in [0.15, 0.2) is 41.3 Å². The Morgan fingerprint density at radius 1 is 1.15 bits per heavy atom. The molecule has 1 fully saturated rings. The van der Waals surface area contributed by atoms with Gasteiger partial charge in [0.05, 0.1) is 17.7 Å². The van der Waals surface area contributed by atoms with Gasteiger partial charge in [-0.25, -0.2) is 8.42 Å². The molecule has 0 aromatic heterocycles. The molecule has 148 valence electrons. The number of hydrogen-bond donors (Lipinski definition) is 2. The molecule has 2 N–H and O–H groups in total. The predicted molar refractivity (Wildman–Crippen MR) is 120 cm³/mol. The lowest BCUT2D eigenvalue weighted by Gasteiger charge is -2.30. The van der Waals surface area contributed by atoms with Crippen LogP contribution in [0.25, 0.3) is 0 Å². The van der Waals surface area contributed by atoms with Crippen LogP contribution in [-0.2, 0) is 10.0 Å². The number of anilines is 2. The van der Waals surface area contributed by atoms with Crippen molar-refractivity contribution in [2.45, 2.75) is 11.8 Å². The van der Waals surface area contributed by atoms with Crippen molar-refractivity contribution in [3.05, 3.63) is 45.5 Å². The van der Waals surface area contributed by atoms with Crippen molar-refractivity contribution in [2.24, 2.45) is 0 Å². The average molecular weight is 524 g/mol. The quantitative estimate of drug-likeness (QED) is 0.589. The minimum absolute atomic E-state index is 0. The summed E-state index contributed by atoms with van der Waals surface area (Å²) in [5.74, 6) is 0.677. The lowest BCUT2D eigenvalue weighted by atomic mass is 10.2. The van der Waals surface area contributed by atoms with E-state index in [-0.39, 0.29) is 17.3 Å². The molecule has 0 spiro atoms. The van der Waals surface area contributed by atoms with Crippen molar-refractivity contribution >= 4 is 56.4 Å². The first-order valence-corrected chi connectivity index (χ1v) is 10.9. The number of halogens is 2. The Balaban J connectivity index is 0.00000261. The van der Waals surface area contributed by atoms with Gasteiger partial charge in [0.25, 0.3) is 10.0 Å². The van der Waals surface area contributed by atoms with Crippen LogP contribution in [0.2, 0.25) is 0 Å². The Morgan fingerprint density at radius 2 is 1.85 bits per heavy atom. The van der Waals surface area contributed by atoms with Gasteiger partial charge in [-0.1, -0.05) is 6.07 Å². The van der Waals surface area contributed by atoms with E-state index >= 15 is 0 Å². The molecule has 1 heterocycles. The Kier molecular flexibility index (Phi) is 7.61. The topological polar surface area (TPSA) is 70.7 Å². The first-order valence-electron chi connectivity index (χ1n) is 8.33. The minimum atomic E-state index is -3.68. The number of hydrogen-bond acceptors (Lipinski definition) is 5. The van der Waals surface area contributed by atoms with Gasteiger partial charge in [-0.2, -0.15) is 0 Å². The maximum Gasteiger partial charge on any atom is 0.261 e. The number of nitrogens with zero attached hydrogens (tertiary/aromatic N) is 1. The van der Waals surface area contributed by atoms with Gasteiger partial charge in [0.1, 0.15) is 5.75 Å². The van der Waals surface area contributed by atoms with Crippen molar-refractivity contribution in [1.29, 1.82) is 0 Å². The Hall–Kier alpha value is -1.23. The van der Waals surface area contributed by atoms with Crippen LogP contribution >= 0.6 is 35.0 Å². The molecule has 0 aliphatic carbocycles. The molecule has 1 aliphatic rings. The summed E-state index contributed by atoms with van der Waals surface area (Å²) in [6, 6.07) is 10.5. The second-order valence-corrected chi connectivity index (χ2v) is 8.98. The standard InChI is InChI=1S/C18H22IN3O3S.ClH/c1-13-3-4-14(11-16(13)19)21-26(23,24)15-5-6-18(25-2)17(12-15)22-9-7-20-8-10-22;/h3-6,11-12,20-21H,7-10H2,1-2H3;1H. The highest BCUT2D eigenvalue weighted by atomic mass is 127. The SMILES string of the molecule is COc1ccc(S(=O)(=O)Nc2ccc(C)c(I)c2)cc1N1CCNCC1.Cl. The van der Waals surface area contributed by atoms with Crippen LogP contribution in [0.5, 0.6) is 5.75 Å². The first-order chi connectivity index (χ1) is 12.4. The fourth-order valence-corrected chi connectivity index (χ4v) is 4.44. The van der Waals surface area contributed by atoms with E-state index in [1.54, 1.807) is 31.4 Å². The Bertz CT molecular complexity index is 903. The summed E-state index contributed by atoms with van der Waals surface area (Å²) in [6.07, 6.45) is 0. The van der Waals surface area contributed by atoms with Crippen molar-refractivity contribution < 1.29 is 13.2 Å². The lowest BCUT2D eigenvalue weighted by molar-refractivity contribution is 0.412. The normalized spacial score (nSPS) is 14.4. The molecule has 0 radical (unpaired) electrons. The average Bonchev–Trinajstić information content (AvgIpc) is 2.64. The number of piperazine rings is 1. The van der Waals surface area contributed by atoms with E-state index in [0.29, 0.717) is 11.4 Å². The predicted octanol–water partition coefficient (Wildman–Crippen LogP) is 3.24. The Morgan fingerprint density at radius 3 is 2.48 bits per heavy atom. The van der Waals surface area contributed by atoms with Crippen LogP contribution in [0.3, 0.4) is 0 Å². The third-order valence-electron chi connectivity index (χ3n) is 4.34. The van der Waals surface area contributed by atoms with E-state index in [9.17, 15) is 8.42 Å². The zero-order chi connectivity index (χ0) is 18.7. The molecule has 9 heteroatoms. The summed E-state index contributed by atoms with van der Waals surface area (Å²) in [5.41, 5.74) is 2.47. The van der Waals surface area contributed by atoms with E-state index in [1.165, 1.54) is 0 Å². The van der Waals surface area contributed by atoms with Gasteiger partial charge in [-0.05, 0) is 65.4 Å². The highest BCUT2D eigenvalue weighted by Gasteiger charge is 2.21. The highest BCUT2D eigenvalue weighted by molar-refractivity contribution is 14.1. The van der Waals surface area contributed by atoms with Gasteiger partial charge in [0, 0.05) is 35.4 Å². The molecule has 6 nitrogen and oxygen atoms in total. The van der Waals surface area contributed by atoms with Crippen LogP contribution < -0.4 is 19.7 Å². The van der Waals surface area contributed by atoms with Crippen molar-refractivity contribution in [2.75, 3.05) is 42.9 Å². The van der Waals surface area contributed by atoms with Crippen molar-refractivity contribution in [1.82, 2.24) is 5.32 Å². The minimum Gasteiger partial charge on any atom is -0.495 e. The van der Waals surface area contributed by atoms with Gasteiger partial charge in [-0.3, -0.25) is 4.72 Å². The largest absolute Gasteiger partial charge is 0.495 e.